The van der Waals surface area contributed by atoms with Crippen LogP contribution in [0.3, 0.4) is 0 Å². The molecule has 1 aliphatic heterocycles. The molecule has 94 valence electrons. The zero-order valence-electron chi connectivity index (χ0n) is 10.5. The summed E-state index contributed by atoms with van der Waals surface area (Å²) in [5, 5.41) is 11.7. The van der Waals surface area contributed by atoms with Crippen LogP contribution in [0.5, 0.6) is 0 Å². The van der Waals surface area contributed by atoms with E-state index in [-0.39, 0.29) is 6.10 Å². The van der Waals surface area contributed by atoms with Crippen molar-refractivity contribution < 1.29 is 4.74 Å². The van der Waals surface area contributed by atoms with Crippen molar-refractivity contribution >= 4 is 5.82 Å². The van der Waals surface area contributed by atoms with Gasteiger partial charge in [-0.1, -0.05) is 6.92 Å². The van der Waals surface area contributed by atoms with Crippen LogP contribution in [0.4, 0.5) is 5.82 Å². The van der Waals surface area contributed by atoms with Crippen molar-refractivity contribution in [2.75, 3.05) is 38.2 Å². The number of likely N-dealkylation sites (N-methyl/N-ethyl adjacent to an activating group) is 1. The molecule has 0 spiro atoms. The molecule has 0 aromatic carbocycles. The Morgan fingerprint density at radius 1 is 1.47 bits per heavy atom. The zero-order chi connectivity index (χ0) is 12.1. The molecule has 5 heteroatoms. The molecule has 0 bridgehead atoms. The Hall–Kier alpha value is -1.20. The summed E-state index contributed by atoms with van der Waals surface area (Å²) >= 11 is 0. The molecule has 1 N–H and O–H groups in total. The standard InChI is InChI=1S/C12H20N4O/c1-3-10-4-5-12(15-14-10)16(2)9-11-8-13-6-7-17-11/h4-5,11,13H,3,6-9H2,1-2H3. The van der Waals surface area contributed by atoms with Gasteiger partial charge in [0.1, 0.15) is 0 Å². The van der Waals surface area contributed by atoms with Gasteiger partial charge in [0, 0.05) is 26.7 Å². The van der Waals surface area contributed by atoms with Crippen LogP contribution in [-0.4, -0.2) is 49.6 Å². The van der Waals surface area contributed by atoms with Gasteiger partial charge < -0.3 is 15.0 Å². The van der Waals surface area contributed by atoms with Crippen molar-refractivity contribution in [1.82, 2.24) is 15.5 Å². The number of hydrogen-bond donors (Lipinski definition) is 1. The van der Waals surface area contributed by atoms with Gasteiger partial charge in [0.2, 0.25) is 0 Å². The minimum Gasteiger partial charge on any atom is -0.374 e. The van der Waals surface area contributed by atoms with E-state index in [1.807, 2.05) is 19.2 Å². The fraction of sp³-hybridized carbons (Fsp3) is 0.667. The molecule has 2 rings (SSSR count). The minimum atomic E-state index is 0.237. The van der Waals surface area contributed by atoms with E-state index < -0.39 is 0 Å². The molecule has 1 atom stereocenters. The van der Waals surface area contributed by atoms with E-state index in [4.69, 9.17) is 4.74 Å². The van der Waals surface area contributed by atoms with E-state index in [1.54, 1.807) is 0 Å². The third-order valence-corrected chi connectivity index (χ3v) is 2.94. The van der Waals surface area contributed by atoms with Crippen molar-refractivity contribution in [3.05, 3.63) is 17.8 Å². The van der Waals surface area contributed by atoms with Crippen molar-refractivity contribution in [3.8, 4) is 0 Å². The molecule has 0 saturated carbocycles. The number of anilines is 1. The maximum atomic E-state index is 5.66. The predicted molar refractivity (Wildman–Crippen MR) is 67.3 cm³/mol. The first-order valence-corrected chi connectivity index (χ1v) is 6.15. The summed E-state index contributed by atoms with van der Waals surface area (Å²) in [4.78, 5) is 2.09. The van der Waals surface area contributed by atoms with Gasteiger partial charge in [-0.15, -0.1) is 5.10 Å². The lowest BCUT2D eigenvalue weighted by atomic mass is 10.3. The highest BCUT2D eigenvalue weighted by molar-refractivity contribution is 5.36. The average Bonchev–Trinajstić information content (AvgIpc) is 2.40. The van der Waals surface area contributed by atoms with Crippen LogP contribution in [0.2, 0.25) is 0 Å². The quantitative estimate of drug-likeness (QED) is 0.823. The van der Waals surface area contributed by atoms with Gasteiger partial charge in [-0.2, -0.15) is 5.10 Å². The normalized spacial score (nSPS) is 20.2. The van der Waals surface area contributed by atoms with Crippen LogP contribution in [0.15, 0.2) is 12.1 Å². The van der Waals surface area contributed by atoms with Gasteiger partial charge in [0.15, 0.2) is 5.82 Å². The Morgan fingerprint density at radius 3 is 2.94 bits per heavy atom. The third kappa shape index (κ3) is 3.38. The number of aromatic nitrogens is 2. The van der Waals surface area contributed by atoms with E-state index in [2.05, 4.69) is 27.3 Å². The Kier molecular flexibility index (Phi) is 4.28. The summed E-state index contributed by atoms with van der Waals surface area (Å²) in [6.45, 7) is 5.57. The topological polar surface area (TPSA) is 50.3 Å². The lowest BCUT2D eigenvalue weighted by Gasteiger charge is -2.28. The number of rotatable bonds is 4. The summed E-state index contributed by atoms with van der Waals surface area (Å²) in [6, 6.07) is 4.04. The van der Waals surface area contributed by atoms with E-state index >= 15 is 0 Å². The number of morpholine rings is 1. The zero-order valence-corrected chi connectivity index (χ0v) is 10.5. The van der Waals surface area contributed by atoms with E-state index in [0.29, 0.717) is 0 Å². The van der Waals surface area contributed by atoms with Gasteiger partial charge in [0.05, 0.1) is 18.4 Å². The molecular formula is C12H20N4O. The molecule has 2 heterocycles. The first-order valence-electron chi connectivity index (χ1n) is 6.15. The molecule has 0 aliphatic carbocycles. The molecular weight excluding hydrogens is 216 g/mol. The van der Waals surface area contributed by atoms with Crippen LogP contribution in [0, 0.1) is 0 Å². The van der Waals surface area contributed by atoms with Crippen LogP contribution in [0.25, 0.3) is 0 Å². The number of nitrogens with zero attached hydrogens (tertiary/aromatic N) is 3. The SMILES string of the molecule is CCc1ccc(N(C)CC2CNCCO2)nn1. The molecule has 1 aromatic rings. The summed E-state index contributed by atoms with van der Waals surface area (Å²) in [5.74, 6) is 0.899. The maximum Gasteiger partial charge on any atom is 0.151 e. The summed E-state index contributed by atoms with van der Waals surface area (Å²) in [7, 11) is 2.02. The Morgan fingerprint density at radius 2 is 2.35 bits per heavy atom. The second-order valence-electron chi connectivity index (χ2n) is 4.31. The Balaban J connectivity index is 1.91. The average molecular weight is 236 g/mol. The Labute approximate surface area is 102 Å². The molecule has 1 unspecified atom stereocenters. The molecule has 0 radical (unpaired) electrons. The molecule has 5 nitrogen and oxygen atoms in total. The lowest BCUT2D eigenvalue weighted by molar-refractivity contribution is 0.0339. The van der Waals surface area contributed by atoms with Crippen molar-refractivity contribution in [2.24, 2.45) is 0 Å². The summed E-state index contributed by atoms with van der Waals surface area (Å²) < 4.78 is 5.66. The predicted octanol–water partition coefficient (Wildman–Crippen LogP) is 0.464. The molecule has 17 heavy (non-hydrogen) atoms. The maximum absolute atomic E-state index is 5.66. The van der Waals surface area contributed by atoms with Crippen LogP contribution < -0.4 is 10.2 Å². The Bertz CT molecular complexity index is 335. The lowest BCUT2D eigenvalue weighted by Crippen LogP contribution is -2.44. The van der Waals surface area contributed by atoms with Gasteiger partial charge in [-0.3, -0.25) is 0 Å². The van der Waals surface area contributed by atoms with Gasteiger partial charge >= 0.3 is 0 Å². The van der Waals surface area contributed by atoms with Crippen molar-refractivity contribution in [1.29, 1.82) is 0 Å². The van der Waals surface area contributed by atoms with Crippen LogP contribution in [-0.2, 0) is 11.2 Å². The summed E-state index contributed by atoms with van der Waals surface area (Å²) in [5.41, 5.74) is 1.03. The van der Waals surface area contributed by atoms with Crippen molar-refractivity contribution in [3.63, 3.8) is 0 Å². The monoisotopic (exact) mass is 236 g/mol. The number of nitrogens with one attached hydrogen (secondary N) is 1. The van der Waals surface area contributed by atoms with Crippen molar-refractivity contribution in [2.45, 2.75) is 19.4 Å². The molecule has 1 saturated heterocycles. The van der Waals surface area contributed by atoms with E-state index in [1.165, 1.54) is 0 Å². The second kappa shape index (κ2) is 5.93. The number of hydrogen-bond acceptors (Lipinski definition) is 5. The molecule has 0 amide bonds. The van der Waals surface area contributed by atoms with Crippen LogP contribution in [0.1, 0.15) is 12.6 Å². The first kappa shape index (κ1) is 12.3. The fourth-order valence-electron chi connectivity index (χ4n) is 1.88. The van der Waals surface area contributed by atoms with Crippen LogP contribution >= 0.6 is 0 Å². The highest BCUT2D eigenvalue weighted by Gasteiger charge is 2.16. The van der Waals surface area contributed by atoms with Gasteiger partial charge in [-0.05, 0) is 18.6 Å². The highest BCUT2D eigenvalue weighted by Crippen LogP contribution is 2.09. The van der Waals surface area contributed by atoms with E-state index in [9.17, 15) is 0 Å². The number of ether oxygens (including phenoxy) is 1. The summed E-state index contributed by atoms with van der Waals surface area (Å²) in [6.07, 6.45) is 1.16. The molecule has 1 aromatic heterocycles. The van der Waals surface area contributed by atoms with Gasteiger partial charge in [0.25, 0.3) is 0 Å². The fourth-order valence-corrected chi connectivity index (χ4v) is 1.88. The largest absolute Gasteiger partial charge is 0.374 e. The second-order valence-corrected chi connectivity index (χ2v) is 4.31. The molecule has 1 fully saturated rings. The smallest absolute Gasteiger partial charge is 0.151 e. The van der Waals surface area contributed by atoms with E-state index in [0.717, 1.165) is 44.2 Å². The molecule has 1 aliphatic rings. The third-order valence-electron chi connectivity index (χ3n) is 2.94. The minimum absolute atomic E-state index is 0.237. The van der Waals surface area contributed by atoms with Gasteiger partial charge in [-0.25, -0.2) is 0 Å². The first-order chi connectivity index (χ1) is 8.29. The highest BCUT2D eigenvalue weighted by atomic mass is 16.5. The number of aryl methyl sites for hydroxylation is 1.